The summed E-state index contributed by atoms with van der Waals surface area (Å²) in [7, 11) is 2.14. The van der Waals surface area contributed by atoms with E-state index in [1.807, 2.05) is 0 Å². The monoisotopic (exact) mass is 339 g/mol. The first-order valence-electron chi connectivity index (χ1n) is 9.52. The summed E-state index contributed by atoms with van der Waals surface area (Å²) in [6, 6.07) is 8.36. The number of nitrogens with zero attached hydrogens (tertiary/aromatic N) is 1. The van der Waals surface area contributed by atoms with Gasteiger partial charge in [0.25, 0.3) is 0 Å². The van der Waals surface area contributed by atoms with Gasteiger partial charge in [-0.25, -0.2) is 0 Å². The first kappa shape index (κ1) is 18.1. The molecule has 1 aliphatic heterocycles. The van der Waals surface area contributed by atoms with Crippen LogP contribution in [0.15, 0.2) is 47.6 Å². The lowest BCUT2D eigenvalue weighted by Gasteiger charge is -2.40. The van der Waals surface area contributed by atoms with E-state index in [0.717, 1.165) is 57.0 Å². The Hall–Kier alpha value is -1.68. The van der Waals surface area contributed by atoms with Gasteiger partial charge in [0.15, 0.2) is 0 Å². The lowest BCUT2D eigenvalue weighted by molar-refractivity contribution is -0.000599. The highest BCUT2D eigenvalue weighted by atomic mass is 16.5. The molecule has 0 amide bonds. The molecule has 0 spiro atoms. The Labute approximate surface area is 153 Å². The lowest BCUT2D eigenvalue weighted by Crippen LogP contribution is -2.50. The van der Waals surface area contributed by atoms with E-state index < -0.39 is 0 Å². The average molecular weight is 339 g/mol. The highest BCUT2D eigenvalue weighted by Crippen LogP contribution is 2.28. The largest absolute Gasteiger partial charge is 0.493 e. The lowest BCUT2D eigenvalue weighted by atomic mass is 9.89. The predicted molar refractivity (Wildman–Crippen MR) is 106 cm³/mol. The highest BCUT2D eigenvalue weighted by Gasteiger charge is 2.33. The second-order valence-corrected chi connectivity index (χ2v) is 7.63. The van der Waals surface area contributed by atoms with Gasteiger partial charge < -0.3 is 9.47 Å². The number of aryl methyl sites for hydroxylation is 1. The van der Waals surface area contributed by atoms with Gasteiger partial charge in [-0.15, -0.1) is 0 Å². The van der Waals surface area contributed by atoms with Crippen molar-refractivity contribution in [1.29, 1.82) is 0 Å². The quantitative estimate of drug-likeness (QED) is 0.741. The van der Waals surface area contributed by atoms with Gasteiger partial charge in [0, 0.05) is 13.1 Å². The van der Waals surface area contributed by atoms with Crippen molar-refractivity contribution in [2.75, 3.05) is 26.2 Å². The maximum atomic E-state index is 6.36. The molecule has 1 unspecified atom stereocenters. The van der Waals surface area contributed by atoms with E-state index in [0.29, 0.717) is 0 Å². The molecular weight excluding hydrogens is 309 g/mol. The molecule has 2 aliphatic rings. The van der Waals surface area contributed by atoms with E-state index in [-0.39, 0.29) is 5.60 Å². The van der Waals surface area contributed by atoms with E-state index in [1.54, 1.807) is 0 Å². The zero-order valence-electron chi connectivity index (χ0n) is 15.9. The molecule has 1 aromatic rings. The molecular formula is C21H30BNO2. The summed E-state index contributed by atoms with van der Waals surface area (Å²) >= 11 is 0. The van der Waals surface area contributed by atoms with Crippen molar-refractivity contribution in [3.05, 3.63) is 53.2 Å². The number of hydrogen-bond acceptors (Lipinski definition) is 3. The van der Waals surface area contributed by atoms with Crippen LogP contribution in [0.3, 0.4) is 0 Å². The molecule has 0 saturated carbocycles. The number of rotatable bonds is 6. The Balaban J connectivity index is 1.50. The third-order valence-corrected chi connectivity index (χ3v) is 5.09. The first-order valence-corrected chi connectivity index (χ1v) is 9.52. The average Bonchev–Trinajstić information content (AvgIpc) is 2.56. The number of benzene rings is 1. The Morgan fingerprint density at radius 1 is 1.24 bits per heavy atom. The van der Waals surface area contributed by atoms with Gasteiger partial charge in [0.05, 0.1) is 0 Å². The summed E-state index contributed by atoms with van der Waals surface area (Å²) in [6.45, 7) is 8.13. The van der Waals surface area contributed by atoms with E-state index in [1.165, 1.54) is 17.5 Å². The number of ether oxygens (including phenoxy) is 2. The summed E-state index contributed by atoms with van der Waals surface area (Å²) in [6.07, 6.45) is 8.99. The summed E-state index contributed by atoms with van der Waals surface area (Å²) in [4.78, 5) is 2.47. The molecule has 1 fully saturated rings. The van der Waals surface area contributed by atoms with Crippen LogP contribution in [0.5, 0.6) is 5.75 Å². The second-order valence-electron chi connectivity index (χ2n) is 7.63. The molecule has 1 heterocycles. The fourth-order valence-corrected chi connectivity index (χ4v) is 3.78. The number of allylic oxidation sites excluding steroid dienone is 3. The Kier molecular flexibility index (Phi) is 5.90. The fraction of sp³-hybridized carbons (Fsp3) is 0.524. The van der Waals surface area contributed by atoms with Crippen LogP contribution in [0.1, 0.15) is 38.2 Å². The van der Waals surface area contributed by atoms with Gasteiger partial charge in [-0.1, -0.05) is 23.7 Å². The zero-order valence-corrected chi connectivity index (χ0v) is 15.9. The summed E-state index contributed by atoms with van der Waals surface area (Å²) in [5.74, 6) is 2.05. The summed E-state index contributed by atoms with van der Waals surface area (Å²) in [5.41, 5.74) is 2.40. The van der Waals surface area contributed by atoms with Crippen LogP contribution in [0.2, 0.25) is 0 Å². The molecule has 0 bridgehead atoms. The third kappa shape index (κ3) is 5.15. The standard InChI is InChI=1S/C21H30BNO2/c1-17-7-5-8-18(15-17)25-21(2)11-6-12-23(16-21)13-14-24-20-10-4-3-9-19(20)22/h5,7-10,15H,3-4,6,11-14,16,22H2,1-2H3. The SMILES string of the molecule is BC1=CCCC=C1OCCN1CCCC(C)(Oc2cccc(C)c2)C1. The minimum Gasteiger partial charge on any atom is -0.493 e. The van der Waals surface area contributed by atoms with Crippen molar-refractivity contribution >= 4 is 7.85 Å². The molecule has 0 N–H and O–H groups in total. The smallest absolute Gasteiger partial charge is 0.143 e. The van der Waals surface area contributed by atoms with Crippen LogP contribution < -0.4 is 4.74 Å². The van der Waals surface area contributed by atoms with Gasteiger partial charge in [-0.2, -0.15) is 0 Å². The molecule has 3 rings (SSSR count). The number of hydrogen-bond donors (Lipinski definition) is 0. The zero-order chi connectivity index (χ0) is 17.7. The van der Waals surface area contributed by atoms with Crippen molar-refractivity contribution in [3.63, 3.8) is 0 Å². The van der Waals surface area contributed by atoms with E-state index in [4.69, 9.17) is 9.47 Å². The molecule has 25 heavy (non-hydrogen) atoms. The van der Waals surface area contributed by atoms with Crippen molar-refractivity contribution in [2.45, 2.75) is 45.1 Å². The third-order valence-electron chi connectivity index (χ3n) is 5.09. The molecule has 3 nitrogen and oxygen atoms in total. The van der Waals surface area contributed by atoms with Crippen molar-refractivity contribution in [3.8, 4) is 5.75 Å². The van der Waals surface area contributed by atoms with Crippen molar-refractivity contribution < 1.29 is 9.47 Å². The Morgan fingerprint density at radius 3 is 2.88 bits per heavy atom. The molecule has 0 radical (unpaired) electrons. The van der Waals surface area contributed by atoms with Crippen molar-refractivity contribution in [1.82, 2.24) is 4.90 Å². The molecule has 1 atom stereocenters. The molecule has 4 heteroatoms. The molecule has 1 aromatic carbocycles. The van der Waals surface area contributed by atoms with Crippen LogP contribution >= 0.6 is 0 Å². The fourth-order valence-electron chi connectivity index (χ4n) is 3.78. The normalized spacial score (nSPS) is 24.4. The van der Waals surface area contributed by atoms with Gasteiger partial charge in [-0.05, 0) is 69.8 Å². The molecule has 1 aliphatic carbocycles. The van der Waals surface area contributed by atoms with E-state index in [2.05, 4.69) is 63.0 Å². The summed E-state index contributed by atoms with van der Waals surface area (Å²) < 4.78 is 12.4. The van der Waals surface area contributed by atoms with Crippen molar-refractivity contribution in [2.24, 2.45) is 0 Å². The highest BCUT2D eigenvalue weighted by molar-refractivity contribution is 6.24. The van der Waals surface area contributed by atoms with Gasteiger partial charge in [0.1, 0.15) is 31.6 Å². The molecule has 1 saturated heterocycles. The number of likely N-dealkylation sites (tertiary alicyclic amines) is 1. The minimum absolute atomic E-state index is 0.119. The van der Waals surface area contributed by atoms with Gasteiger partial charge in [-0.3, -0.25) is 4.90 Å². The predicted octanol–water partition coefficient (Wildman–Crippen LogP) is 3.44. The van der Waals surface area contributed by atoms with Gasteiger partial charge in [0.2, 0.25) is 0 Å². The van der Waals surface area contributed by atoms with Crippen LogP contribution in [0.25, 0.3) is 0 Å². The summed E-state index contributed by atoms with van der Waals surface area (Å²) in [5, 5.41) is 0. The van der Waals surface area contributed by atoms with Crippen LogP contribution in [0.4, 0.5) is 0 Å². The first-order chi connectivity index (χ1) is 12.0. The second kappa shape index (κ2) is 8.14. The van der Waals surface area contributed by atoms with Crippen LogP contribution in [0, 0.1) is 6.92 Å². The van der Waals surface area contributed by atoms with E-state index >= 15 is 0 Å². The Bertz CT molecular complexity index is 655. The molecule has 134 valence electrons. The van der Waals surface area contributed by atoms with Crippen LogP contribution in [-0.4, -0.2) is 44.6 Å². The van der Waals surface area contributed by atoms with E-state index in [9.17, 15) is 0 Å². The van der Waals surface area contributed by atoms with Crippen LogP contribution in [-0.2, 0) is 4.74 Å². The minimum atomic E-state index is -0.119. The maximum absolute atomic E-state index is 6.36. The molecule has 0 aromatic heterocycles. The topological polar surface area (TPSA) is 21.7 Å². The van der Waals surface area contributed by atoms with Gasteiger partial charge >= 0.3 is 0 Å². The Morgan fingerprint density at radius 2 is 2.08 bits per heavy atom. The number of piperidine rings is 1. The maximum Gasteiger partial charge on any atom is 0.143 e.